The van der Waals surface area contributed by atoms with Gasteiger partial charge in [0.15, 0.2) is 0 Å². The summed E-state index contributed by atoms with van der Waals surface area (Å²) in [5.41, 5.74) is 5.42. The number of fused-ring (bicyclic) bond motifs is 1. The van der Waals surface area contributed by atoms with E-state index >= 15 is 0 Å². The molecule has 3 heterocycles. The van der Waals surface area contributed by atoms with Crippen molar-refractivity contribution in [2.24, 2.45) is 0 Å². The largest absolute Gasteiger partial charge is 0.382 e. The second kappa shape index (κ2) is 10.2. The van der Waals surface area contributed by atoms with Gasteiger partial charge in [0, 0.05) is 49.8 Å². The van der Waals surface area contributed by atoms with Gasteiger partial charge in [-0.15, -0.1) is 0 Å². The summed E-state index contributed by atoms with van der Waals surface area (Å²) >= 11 is 0. The minimum atomic E-state index is -0.356. The molecule has 1 amide bonds. The van der Waals surface area contributed by atoms with E-state index in [1.807, 2.05) is 0 Å². The molecule has 0 bridgehead atoms. The topological polar surface area (TPSA) is 58.5 Å². The number of hydrogen-bond acceptors (Lipinski definition) is 4. The Hall–Kier alpha value is -1.79. The second-order valence-corrected chi connectivity index (χ2v) is 9.34. The van der Waals surface area contributed by atoms with Crippen molar-refractivity contribution in [1.29, 1.82) is 0 Å². The molecule has 1 aliphatic carbocycles. The highest BCUT2D eigenvalue weighted by atomic mass is 16.5. The van der Waals surface area contributed by atoms with E-state index in [2.05, 4.69) is 53.1 Å². The van der Waals surface area contributed by atoms with Crippen LogP contribution in [0.5, 0.6) is 0 Å². The number of ether oxygens (including phenoxy) is 1. The van der Waals surface area contributed by atoms with Crippen LogP contribution >= 0.6 is 0 Å². The van der Waals surface area contributed by atoms with Crippen LogP contribution in [0.1, 0.15) is 76.1 Å². The van der Waals surface area contributed by atoms with Crippen LogP contribution < -0.4 is 10.6 Å². The summed E-state index contributed by atoms with van der Waals surface area (Å²) in [6.07, 6.45) is 12.5. The molecular formula is C25H40N4O2. The first-order valence-electron chi connectivity index (χ1n) is 12.4. The molecular weight excluding hydrogens is 388 g/mol. The molecule has 3 aliphatic rings. The van der Waals surface area contributed by atoms with Gasteiger partial charge in [0.05, 0.1) is 12.6 Å². The van der Waals surface area contributed by atoms with E-state index in [9.17, 15) is 4.79 Å². The monoisotopic (exact) mass is 428 g/mol. The molecule has 1 aromatic heterocycles. The average Bonchev–Trinajstić information content (AvgIpc) is 3.57. The van der Waals surface area contributed by atoms with Crippen molar-refractivity contribution < 1.29 is 9.53 Å². The number of unbranched alkanes of at least 4 members (excludes halogenated alkanes) is 2. The number of aryl methyl sites for hydroxylation is 2. The lowest BCUT2D eigenvalue weighted by Gasteiger charge is -2.36. The molecule has 1 saturated carbocycles. The minimum absolute atomic E-state index is 0.0345. The fourth-order valence-electron chi connectivity index (χ4n) is 4.99. The maximum absolute atomic E-state index is 13.3. The molecule has 0 unspecified atom stereocenters. The van der Waals surface area contributed by atoms with Crippen molar-refractivity contribution in [3.05, 3.63) is 28.7 Å². The first-order chi connectivity index (χ1) is 15.1. The van der Waals surface area contributed by atoms with Gasteiger partial charge in [0.25, 0.3) is 5.91 Å². The summed E-state index contributed by atoms with van der Waals surface area (Å²) in [4.78, 5) is 15.4. The van der Waals surface area contributed by atoms with Crippen LogP contribution in [0.15, 0.2) is 11.9 Å². The Labute approximate surface area is 187 Å². The number of carbonyl (C=O) groups is 1. The number of carbonyl (C=O) groups excluding carboxylic acids is 1. The van der Waals surface area contributed by atoms with Gasteiger partial charge in [-0.1, -0.05) is 33.1 Å². The zero-order valence-corrected chi connectivity index (χ0v) is 19.6. The molecule has 2 aliphatic heterocycles. The van der Waals surface area contributed by atoms with E-state index in [1.54, 1.807) is 0 Å². The van der Waals surface area contributed by atoms with Crippen molar-refractivity contribution in [3.8, 4) is 0 Å². The molecule has 0 spiro atoms. The van der Waals surface area contributed by atoms with Crippen molar-refractivity contribution >= 4 is 12.0 Å². The predicted octanol–water partition coefficient (Wildman–Crippen LogP) is 3.44. The molecule has 2 N–H and O–H groups in total. The van der Waals surface area contributed by atoms with Crippen LogP contribution in [0.4, 0.5) is 0 Å². The summed E-state index contributed by atoms with van der Waals surface area (Å²) in [6, 6.07) is 0.386. The van der Waals surface area contributed by atoms with Crippen LogP contribution in [0, 0.1) is 0 Å². The maximum atomic E-state index is 13.3. The summed E-state index contributed by atoms with van der Waals surface area (Å²) in [5, 5.41) is 6.97. The van der Waals surface area contributed by atoms with Gasteiger partial charge in [-0.05, 0) is 49.8 Å². The lowest BCUT2D eigenvalue weighted by molar-refractivity contribution is -0.147. The normalized spacial score (nSPS) is 21.8. The van der Waals surface area contributed by atoms with Crippen molar-refractivity contribution in [1.82, 2.24) is 20.1 Å². The standard InChI is InChI=1S/C25H40N4O2/c1-4-6-7-12-28-17-19(8-5-2)21-15-27-22(14-23(21)28)18(3)29(20-9-10-20)25(30)24-16-26-11-13-31-24/h14,17-18,20,24,26-27H,4-13,15-16H2,1-3H3/t18-,24-/m1/s1. The zero-order valence-electron chi connectivity index (χ0n) is 19.6. The third-order valence-corrected chi connectivity index (χ3v) is 6.87. The van der Waals surface area contributed by atoms with Crippen LogP contribution in [0.3, 0.4) is 0 Å². The molecule has 0 radical (unpaired) electrons. The Bertz CT molecular complexity index is 790. The third-order valence-electron chi connectivity index (χ3n) is 6.87. The molecule has 6 heteroatoms. The average molecular weight is 429 g/mol. The second-order valence-electron chi connectivity index (χ2n) is 9.34. The van der Waals surface area contributed by atoms with Gasteiger partial charge in [-0.2, -0.15) is 0 Å². The summed E-state index contributed by atoms with van der Waals surface area (Å²) < 4.78 is 8.26. The summed E-state index contributed by atoms with van der Waals surface area (Å²) in [7, 11) is 0. The van der Waals surface area contributed by atoms with Gasteiger partial charge in [-0.25, -0.2) is 0 Å². The Morgan fingerprint density at radius 3 is 2.81 bits per heavy atom. The molecule has 0 aromatic carbocycles. The van der Waals surface area contributed by atoms with E-state index in [-0.39, 0.29) is 18.1 Å². The lowest BCUT2D eigenvalue weighted by atomic mass is 10.0. The van der Waals surface area contributed by atoms with Crippen LogP contribution in [-0.2, 0) is 29.0 Å². The van der Waals surface area contributed by atoms with E-state index in [1.165, 1.54) is 36.1 Å². The first kappa shape index (κ1) is 22.4. The van der Waals surface area contributed by atoms with E-state index in [0.717, 1.165) is 51.0 Å². The van der Waals surface area contributed by atoms with Gasteiger partial charge in [-0.3, -0.25) is 4.79 Å². The highest BCUT2D eigenvalue weighted by Gasteiger charge is 2.41. The number of morpholine rings is 1. The van der Waals surface area contributed by atoms with Gasteiger partial charge < -0.3 is 24.8 Å². The molecule has 172 valence electrons. The number of rotatable bonds is 10. The number of hydrogen-bond donors (Lipinski definition) is 2. The maximum Gasteiger partial charge on any atom is 0.253 e. The molecule has 2 atom stereocenters. The van der Waals surface area contributed by atoms with E-state index in [4.69, 9.17) is 4.74 Å². The van der Waals surface area contributed by atoms with Gasteiger partial charge in [0.2, 0.25) is 0 Å². The smallest absolute Gasteiger partial charge is 0.253 e. The van der Waals surface area contributed by atoms with Crippen LogP contribution in [0.2, 0.25) is 0 Å². The Balaban J connectivity index is 1.57. The van der Waals surface area contributed by atoms with Gasteiger partial charge in [0.1, 0.15) is 6.10 Å². The fourth-order valence-corrected chi connectivity index (χ4v) is 4.99. The number of nitrogens with zero attached hydrogens (tertiary/aromatic N) is 2. The Kier molecular flexibility index (Phi) is 7.39. The Morgan fingerprint density at radius 2 is 2.13 bits per heavy atom. The van der Waals surface area contributed by atoms with Gasteiger partial charge >= 0.3 is 0 Å². The molecule has 4 rings (SSSR count). The molecule has 2 fully saturated rings. The van der Waals surface area contributed by atoms with Crippen LogP contribution in [-0.4, -0.2) is 53.3 Å². The molecule has 31 heavy (non-hydrogen) atoms. The number of nitrogens with one attached hydrogen (secondary N) is 2. The zero-order chi connectivity index (χ0) is 21.8. The highest BCUT2D eigenvalue weighted by Crippen LogP contribution is 2.34. The summed E-state index contributed by atoms with van der Waals surface area (Å²) in [5.74, 6) is 0.140. The predicted molar refractivity (Wildman–Crippen MR) is 125 cm³/mol. The Morgan fingerprint density at radius 1 is 1.29 bits per heavy atom. The fraction of sp³-hybridized carbons (Fsp3) is 0.720. The third kappa shape index (κ3) is 5.01. The quantitative estimate of drug-likeness (QED) is 0.561. The number of aromatic nitrogens is 1. The first-order valence-corrected chi connectivity index (χ1v) is 12.4. The van der Waals surface area contributed by atoms with Crippen LogP contribution in [0.25, 0.3) is 6.08 Å². The highest BCUT2D eigenvalue weighted by molar-refractivity contribution is 5.83. The summed E-state index contributed by atoms with van der Waals surface area (Å²) in [6.45, 7) is 10.7. The van der Waals surface area contributed by atoms with Crippen molar-refractivity contribution in [3.63, 3.8) is 0 Å². The molecule has 1 saturated heterocycles. The molecule has 1 aromatic rings. The minimum Gasteiger partial charge on any atom is -0.382 e. The lowest BCUT2D eigenvalue weighted by Crippen LogP contribution is -2.53. The molecule has 6 nitrogen and oxygen atoms in total. The SMILES string of the molecule is CCCCCn1cc(CCC)c2c1C=C([C@@H](C)N(C(=O)[C@H]1CNCCO1)C1CC1)NC2. The van der Waals surface area contributed by atoms with E-state index < -0.39 is 0 Å². The van der Waals surface area contributed by atoms with Crippen molar-refractivity contribution in [2.75, 3.05) is 19.7 Å². The number of amides is 1. The van der Waals surface area contributed by atoms with Crippen molar-refractivity contribution in [2.45, 2.75) is 97.0 Å². The van der Waals surface area contributed by atoms with E-state index in [0.29, 0.717) is 19.2 Å².